The van der Waals surface area contributed by atoms with Crippen LogP contribution >= 0.6 is 0 Å². The number of benzene rings is 2. The third kappa shape index (κ3) is 4.40. The topological polar surface area (TPSA) is 59.9 Å². The van der Waals surface area contributed by atoms with Crippen LogP contribution in [0.5, 0.6) is 5.75 Å². The van der Waals surface area contributed by atoms with Crippen LogP contribution in [0.1, 0.15) is 49.0 Å². The molecule has 2 aromatic rings. The number of allylic oxidation sites excluding steroid dienone is 1. The normalized spacial score (nSPS) is 20.6. The molecule has 5 heteroatoms. The first-order chi connectivity index (χ1) is 14.7. The van der Waals surface area contributed by atoms with Gasteiger partial charge in [-0.3, -0.25) is 4.79 Å². The highest BCUT2D eigenvalue weighted by atomic mass is 16.5. The van der Waals surface area contributed by atoms with E-state index in [9.17, 15) is 4.79 Å². The van der Waals surface area contributed by atoms with Gasteiger partial charge in [-0.25, -0.2) is 5.43 Å². The highest BCUT2D eigenvalue weighted by Gasteiger charge is 2.45. The molecule has 1 aliphatic heterocycles. The van der Waals surface area contributed by atoms with E-state index in [1.807, 2.05) is 49.4 Å². The van der Waals surface area contributed by atoms with Crippen molar-refractivity contribution in [2.75, 3.05) is 6.61 Å². The molecular weight excluding hydrogens is 376 g/mol. The van der Waals surface area contributed by atoms with Crippen LogP contribution in [0.2, 0.25) is 0 Å². The van der Waals surface area contributed by atoms with Crippen LogP contribution in [0.25, 0.3) is 0 Å². The van der Waals surface area contributed by atoms with Crippen molar-refractivity contribution >= 4 is 11.6 Å². The first-order valence-corrected chi connectivity index (χ1v) is 10.7. The van der Waals surface area contributed by atoms with Crippen LogP contribution in [0, 0.1) is 11.8 Å². The number of carbonyl (C=O) groups is 1. The lowest BCUT2D eigenvalue weighted by atomic mass is 9.90. The van der Waals surface area contributed by atoms with Crippen LogP contribution < -0.4 is 10.2 Å². The van der Waals surface area contributed by atoms with Gasteiger partial charge in [0.1, 0.15) is 17.6 Å². The molecule has 0 spiro atoms. The monoisotopic (exact) mass is 404 g/mol. The number of nitrogens with one attached hydrogen (secondary N) is 1. The second kappa shape index (κ2) is 9.16. The van der Waals surface area contributed by atoms with E-state index in [-0.39, 0.29) is 11.8 Å². The van der Waals surface area contributed by atoms with Crippen molar-refractivity contribution in [3.05, 3.63) is 77.6 Å². The van der Waals surface area contributed by atoms with Gasteiger partial charge in [-0.2, -0.15) is 5.10 Å². The van der Waals surface area contributed by atoms with E-state index in [0.29, 0.717) is 29.9 Å². The van der Waals surface area contributed by atoms with Crippen LogP contribution in [0.15, 0.2) is 71.5 Å². The molecule has 1 saturated carbocycles. The Morgan fingerprint density at radius 1 is 1.17 bits per heavy atom. The van der Waals surface area contributed by atoms with Gasteiger partial charge in [-0.1, -0.05) is 55.8 Å². The Hall–Kier alpha value is -3.08. The molecule has 1 aliphatic carbocycles. The smallest absolute Gasteiger partial charge is 0.275 e. The van der Waals surface area contributed by atoms with Gasteiger partial charge >= 0.3 is 0 Å². The minimum Gasteiger partial charge on any atom is -0.494 e. The average Bonchev–Trinajstić information content (AvgIpc) is 3.39. The minimum absolute atomic E-state index is 0.0210. The molecule has 4 rings (SSSR count). The second-order valence-corrected chi connectivity index (χ2v) is 7.70. The fourth-order valence-electron chi connectivity index (χ4n) is 3.89. The van der Waals surface area contributed by atoms with Crippen molar-refractivity contribution in [2.24, 2.45) is 16.9 Å². The fraction of sp³-hybridized carbons (Fsp3) is 0.360. The summed E-state index contributed by atoms with van der Waals surface area (Å²) in [6.07, 6.45) is 5.60. The Balaban J connectivity index is 1.63. The lowest BCUT2D eigenvalue weighted by Crippen LogP contribution is -2.26. The number of hydrogen-bond acceptors (Lipinski definition) is 4. The molecular formula is C25H28N2O3. The zero-order chi connectivity index (χ0) is 20.9. The summed E-state index contributed by atoms with van der Waals surface area (Å²) in [4.78, 5) is 12.9. The first kappa shape index (κ1) is 20.2. The zero-order valence-corrected chi connectivity index (χ0v) is 17.5. The summed E-state index contributed by atoms with van der Waals surface area (Å²) in [5.74, 6) is 1.83. The second-order valence-electron chi connectivity index (χ2n) is 7.70. The van der Waals surface area contributed by atoms with Gasteiger partial charge in [-0.05, 0) is 43.5 Å². The van der Waals surface area contributed by atoms with Crippen LogP contribution in [0.4, 0.5) is 0 Å². The summed E-state index contributed by atoms with van der Waals surface area (Å²) in [7, 11) is 0. The van der Waals surface area contributed by atoms with Gasteiger partial charge in [0.05, 0.1) is 23.8 Å². The number of hydrogen-bond donors (Lipinski definition) is 1. The lowest BCUT2D eigenvalue weighted by Gasteiger charge is -2.21. The largest absolute Gasteiger partial charge is 0.494 e. The number of amides is 1. The summed E-state index contributed by atoms with van der Waals surface area (Å²) >= 11 is 0. The van der Waals surface area contributed by atoms with Gasteiger partial charge in [0, 0.05) is 5.92 Å². The van der Waals surface area contributed by atoms with E-state index in [1.54, 1.807) is 12.1 Å². The number of rotatable bonds is 9. The molecule has 2 aromatic carbocycles. The summed E-state index contributed by atoms with van der Waals surface area (Å²) in [6, 6.07) is 17.2. The number of carbonyl (C=O) groups excluding carboxylic acids is 1. The van der Waals surface area contributed by atoms with Crippen molar-refractivity contribution < 1.29 is 14.3 Å². The average molecular weight is 405 g/mol. The van der Waals surface area contributed by atoms with E-state index in [4.69, 9.17) is 9.47 Å². The molecule has 30 heavy (non-hydrogen) atoms. The molecule has 2 aliphatic rings. The summed E-state index contributed by atoms with van der Waals surface area (Å²) in [6.45, 7) is 4.55. The van der Waals surface area contributed by atoms with E-state index in [2.05, 4.69) is 23.5 Å². The molecule has 0 radical (unpaired) electrons. The molecule has 0 saturated heterocycles. The molecule has 156 valence electrons. The predicted octanol–water partition coefficient (Wildman–Crippen LogP) is 4.94. The Bertz CT molecular complexity index is 952. The standard InChI is InChI=1S/C25H28N2O3/c1-3-10-19(23-16-18-15-22(18)30-23)24(17-11-6-5-7-12-17)26-27-25(28)20-13-8-9-14-21(20)29-4-2/h5-9,11-14,16,18-19,22H,3-4,10,15H2,1-2H3,(H,27,28)/b26-24-. The number of para-hydroxylation sites is 1. The maximum atomic E-state index is 12.9. The quantitative estimate of drug-likeness (QED) is 0.476. The SMILES string of the molecule is CCCC(C1=CC2CC2O1)/C(=N\NC(=O)c1ccccc1OCC)c1ccccc1. The molecule has 3 atom stereocenters. The van der Waals surface area contributed by atoms with Crippen molar-refractivity contribution in [1.29, 1.82) is 0 Å². The molecule has 0 bridgehead atoms. The Morgan fingerprint density at radius 2 is 1.93 bits per heavy atom. The Morgan fingerprint density at radius 3 is 2.63 bits per heavy atom. The third-order valence-electron chi connectivity index (χ3n) is 5.47. The molecule has 5 nitrogen and oxygen atoms in total. The summed E-state index contributed by atoms with van der Waals surface area (Å²) < 4.78 is 11.7. The van der Waals surface area contributed by atoms with E-state index in [0.717, 1.165) is 36.3 Å². The van der Waals surface area contributed by atoms with Gasteiger partial charge in [0.2, 0.25) is 0 Å². The first-order valence-electron chi connectivity index (χ1n) is 10.7. The van der Waals surface area contributed by atoms with Crippen LogP contribution in [-0.4, -0.2) is 24.3 Å². The van der Waals surface area contributed by atoms with Crippen molar-refractivity contribution in [3.63, 3.8) is 0 Å². The zero-order valence-electron chi connectivity index (χ0n) is 17.5. The van der Waals surface area contributed by atoms with Crippen LogP contribution in [-0.2, 0) is 4.74 Å². The fourth-order valence-corrected chi connectivity index (χ4v) is 3.89. The highest BCUT2D eigenvalue weighted by molar-refractivity contribution is 6.05. The highest BCUT2D eigenvalue weighted by Crippen LogP contribution is 2.46. The lowest BCUT2D eigenvalue weighted by molar-refractivity contribution is 0.0950. The van der Waals surface area contributed by atoms with E-state index in [1.165, 1.54) is 0 Å². The van der Waals surface area contributed by atoms with Gasteiger partial charge in [-0.15, -0.1) is 0 Å². The Kier molecular flexibility index (Phi) is 6.17. The van der Waals surface area contributed by atoms with Gasteiger partial charge < -0.3 is 9.47 Å². The van der Waals surface area contributed by atoms with Crippen molar-refractivity contribution in [2.45, 2.75) is 39.2 Å². The predicted molar refractivity (Wildman–Crippen MR) is 118 cm³/mol. The number of hydrazone groups is 1. The Labute approximate surface area is 177 Å². The number of ether oxygens (including phenoxy) is 2. The molecule has 1 fully saturated rings. The number of fused-ring (bicyclic) bond motifs is 1. The van der Waals surface area contributed by atoms with Crippen molar-refractivity contribution in [1.82, 2.24) is 5.43 Å². The summed E-state index contributed by atoms with van der Waals surface area (Å²) in [5.41, 5.74) is 5.05. The third-order valence-corrected chi connectivity index (χ3v) is 5.47. The van der Waals surface area contributed by atoms with Gasteiger partial charge in [0.25, 0.3) is 5.91 Å². The minimum atomic E-state index is -0.285. The summed E-state index contributed by atoms with van der Waals surface area (Å²) in [5, 5.41) is 4.62. The van der Waals surface area contributed by atoms with Crippen molar-refractivity contribution in [3.8, 4) is 5.75 Å². The molecule has 1 N–H and O–H groups in total. The molecule has 1 amide bonds. The maximum absolute atomic E-state index is 12.9. The van der Waals surface area contributed by atoms with E-state index < -0.39 is 0 Å². The maximum Gasteiger partial charge on any atom is 0.275 e. The molecule has 0 aromatic heterocycles. The van der Waals surface area contributed by atoms with Crippen LogP contribution in [0.3, 0.4) is 0 Å². The molecule has 3 unspecified atom stereocenters. The molecule has 1 heterocycles. The number of nitrogens with zero attached hydrogens (tertiary/aromatic N) is 1. The van der Waals surface area contributed by atoms with E-state index >= 15 is 0 Å². The van der Waals surface area contributed by atoms with Gasteiger partial charge in [0.15, 0.2) is 0 Å².